The number of hydrogen-bond donors (Lipinski definition) is 3. The number of nitrogens with one attached hydrogen (secondary N) is 2. The highest BCUT2D eigenvalue weighted by atomic mass is 19.3. The Hall–Kier alpha value is -3.37. The molecule has 4 N–H and O–H groups in total. The Kier molecular flexibility index (Phi) is 11.0. The molecular weight excluding hydrogens is 540 g/mol. The highest BCUT2D eigenvalue weighted by molar-refractivity contribution is 5.88. The Morgan fingerprint density at radius 2 is 1.55 bits per heavy atom. The minimum absolute atomic E-state index is 0.0815. The molecule has 228 valence electrons. The molecule has 2 aromatic rings. The lowest BCUT2D eigenvalue weighted by Crippen LogP contribution is -2.55. The molecule has 0 bridgehead atoms. The summed E-state index contributed by atoms with van der Waals surface area (Å²) in [6, 6.07) is 16.3. The van der Waals surface area contributed by atoms with Crippen LogP contribution in [-0.2, 0) is 33.9 Å². The van der Waals surface area contributed by atoms with Crippen LogP contribution in [0.2, 0.25) is 0 Å². The molecule has 3 amide bonds. The molecule has 1 saturated carbocycles. The Balaban J connectivity index is 1.28. The highest BCUT2D eigenvalue weighted by Crippen LogP contribution is 2.37. The first kappa shape index (κ1) is 31.6. The van der Waals surface area contributed by atoms with Crippen molar-refractivity contribution in [2.24, 2.45) is 11.7 Å². The van der Waals surface area contributed by atoms with Crippen molar-refractivity contribution in [1.29, 1.82) is 0 Å². The zero-order valence-electron chi connectivity index (χ0n) is 24.4. The number of carbonyl (C=O) groups excluding carboxylic acids is 3. The first-order valence-corrected chi connectivity index (χ1v) is 15.0. The Bertz CT molecular complexity index is 1180. The van der Waals surface area contributed by atoms with E-state index < -0.39 is 18.0 Å². The van der Waals surface area contributed by atoms with Crippen molar-refractivity contribution in [3.63, 3.8) is 0 Å². The lowest BCUT2D eigenvalue weighted by atomic mass is 9.82. The van der Waals surface area contributed by atoms with Crippen LogP contribution >= 0.6 is 0 Å². The molecule has 1 heterocycles. The maximum Gasteiger partial charge on any atom is 0.248 e. The van der Waals surface area contributed by atoms with Crippen LogP contribution in [0.4, 0.5) is 8.78 Å². The van der Waals surface area contributed by atoms with Crippen LogP contribution in [0.15, 0.2) is 54.6 Å². The second-order valence-corrected chi connectivity index (χ2v) is 11.5. The number of nitrogens with two attached hydrogens (primary N) is 1. The van der Waals surface area contributed by atoms with E-state index in [2.05, 4.69) is 27.7 Å². The molecule has 10 heteroatoms. The molecule has 8 nitrogen and oxygen atoms in total. The number of benzene rings is 2. The van der Waals surface area contributed by atoms with Gasteiger partial charge in [-0.2, -0.15) is 0 Å². The van der Waals surface area contributed by atoms with E-state index >= 15 is 0 Å². The molecule has 2 atom stereocenters. The van der Waals surface area contributed by atoms with Gasteiger partial charge in [0.05, 0.1) is 6.04 Å². The topological polar surface area (TPSA) is 108 Å². The van der Waals surface area contributed by atoms with E-state index in [0.717, 1.165) is 30.8 Å². The van der Waals surface area contributed by atoms with Gasteiger partial charge in [-0.05, 0) is 35.4 Å². The summed E-state index contributed by atoms with van der Waals surface area (Å²) in [4.78, 5) is 42.5. The number of carbonyl (C=O) groups is 3. The maximum atomic E-state index is 13.5. The molecule has 2 fully saturated rings. The van der Waals surface area contributed by atoms with Gasteiger partial charge in [0.2, 0.25) is 23.6 Å². The normalized spacial score (nSPS) is 19.1. The second-order valence-electron chi connectivity index (χ2n) is 11.5. The quantitative estimate of drug-likeness (QED) is 0.377. The third kappa shape index (κ3) is 9.06. The maximum absolute atomic E-state index is 13.5. The van der Waals surface area contributed by atoms with Crippen molar-refractivity contribution >= 4 is 17.7 Å². The molecular formula is C32H43F2N5O3. The zero-order chi connectivity index (χ0) is 30.1. The molecule has 1 aliphatic heterocycles. The van der Waals surface area contributed by atoms with Gasteiger partial charge in [-0.25, -0.2) is 8.78 Å². The van der Waals surface area contributed by atoms with Gasteiger partial charge in [-0.15, -0.1) is 0 Å². The van der Waals surface area contributed by atoms with Gasteiger partial charge >= 0.3 is 0 Å². The number of hydrogen-bond acceptors (Lipinski definition) is 5. The molecule has 2 aromatic carbocycles. The third-order valence-electron chi connectivity index (χ3n) is 8.39. The van der Waals surface area contributed by atoms with E-state index in [-0.39, 0.29) is 55.9 Å². The van der Waals surface area contributed by atoms with Gasteiger partial charge in [0.1, 0.15) is 6.04 Å². The summed E-state index contributed by atoms with van der Waals surface area (Å²) in [5, 5.41) is 5.72. The van der Waals surface area contributed by atoms with Gasteiger partial charge in [0, 0.05) is 65.0 Å². The zero-order valence-corrected chi connectivity index (χ0v) is 24.4. The Morgan fingerprint density at radius 3 is 2.17 bits per heavy atom. The average molecular weight is 584 g/mol. The number of nitrogens with zero attached hydrogens (tertiary/aromatic N) is 2. The highest BCUT2D eigenvalue weighted by Gasteiger charge is 2.38. The lowest BCUT2D eigenvalue weighted by molar-refractivity contribution is -0.138. The van der Waals surface area contributed by atoms with Crippen molar-refractivity contribution < 1.29 is 23.2 Å². The molecule has 0 radical (unpaired) electrons. The van der Waals surface area contributed by atoms with Crippen LogP contribution in [0.25, 0.3) is 0 Å². The monoisotopic (exact) mass is 583 g/mol. The van der Waals surface area contributed by atoms with Crippen LogP contribution in [0, 0.1) is 5.92 Å². The van der Waals surface area contributed by atoms with Crippen LogP contribution in [0.3, 0.4) is 0 Å². The Labute approximate surface area is 247 Å². The van der Waals surface area contributed by atoms with Gasteiger partial charge in [-0.1, -0.05) is 61.5 Å². The van der Waals surface area contributed by atoms with Crippen molar-refractivity contribution in [3.05, 3.63) is 71.3 Å². The summed E-state index contributed by atoms with van der Waals surface area (Å²) >= 11 is 0. The largest absolute Gasteiger partial charge is 0.351 e. The molecule has 1 aliphatic carbocycles. The molecule has 2 aliphatic rings. The second kappa shape index (κ2) is 14.7. The van der Waals surface area contributed by atoms with Crippen LogP contribution in [0.5, 0.6) is 0 Å². The standard InChI is InChI=1S/C32H43F2N5O3/c1-2-28(40)37-27(31(42)39-18-16-38(17-19-39)22-25-6-4-3-5-7-25)20-23-8-10-24(11-9-23)21-36-30(41)29(35)26-12-14-32(33,34)15-13-26/h3-11,26-27,29H,2,12-22,35H2,1H3,(H,36,41)(H,37,40)/t27-,29+/m1/s1. The van der Waals surface area contributed by atoms with E-state index in [1.165, 1.54) is 5.56 Å². The van der Waals surface area contributed by atoms with E-state index in [4.69, 9.17) is 5.73 Å². The van der Waals surface area contributed by atoms with Crippen molar-refractivity contribution in [2.45, 2.75) is 76.5 Å². The molecule has 0 spiro atoms. The number of piperazine rings is 1. The van der Waals surface area contributed by atoms with Gasteiger partial charge in [0.25, 0.3) is 0 Å². The first-order chi connectivity index (χ1) is 20.1. The van der Waals surface area contributed by atoms with Gasteiger partial charge in [0.15, 0.2) is 0 Å². The molecule has 4 rings (SSSR count). The number of halogens is 2. The molecule has 42 heavy (non-hydrogen) atoms. The lowest BCUT2D eigenvalue weighted by Gasteiger charge is -2.36. The van der Waals surface area contributed by atoms with Crippen molar-refractivity contribution in [2.75, 3.05) is 26.2 Å². The minimum Gasteiger partial charge on any atom is -0.351 e. The third-order valence-corrected chi connectivity index (χ3v) is 8.39. The summed E-state index contributed by atoms with van der Waals surface area (Å²) in [7, 11) is 0. The van der Waals surface area contributed by atoms with E-state index in [1.54, 1.807) is 6.92 Å². The van der Waals surface area contributed by atoms with Crippen molar-refractivity contribution in [1.82, 2.24) is 20.4 Å². The predicted molar refractivity (Wildman–Crippen MR) is 157 cm³/mol. The SMILES string of the molecule is CCC(=O)N[C@H](Cc1ccc(CNC(=O)[C@@H](N)C2CCC(F)(F)CC2)cc1)C(=O)N1CCN(Cc2ccccc2)CC1. The summed E-state index contributed by atoms with van der Waals surface area (Å²) in [6.45, 7) is 5.62. The number of alkyl halides is 2. The van der Waals surface area contributed by atoms with E-state index in [1.807, 2.05) is 47.4 Å². The van der Waals surface area contributed by atoms with Crippen LogP contribution < -0.4 is 16.4 Å². The molecule has 1 saturated heterocycles. The van der Waals surface area contributed by atoms with Crippen LogP contribution in [0.1, 0.15) is 55.7 Å². The van der Waals surface area contributed by atoms with Crippen molar-refractivity contribution in [3.8, 4) is 0 Å². The molecule has 0 unspecified atom stereocenters. The number of rotatable bonds is 11. The smallest absolute Gasteiger partial charge is 0.248 e. The summed E-state index contributed by atoms with van der Waals surface area (Å²) in [6.07, 6.45) is 0.680. The van der Waals surface area contributed by atoms with Crippen LogP contribution in [-0.4, -0.2) is 71.7 Å². The fraction of sp³-hybridized carbons (Fsp3) is 0.531. The first-order valence-electron chi connectivity index (χ1n) is 15.0. The molecule has 0 aromatic heterocycles. The Morgan fingerprint density at radius 1 is 0.929 bits per heavy atom. The van der Waals surface area contributed by atoms with E-state index in [9.17, 15) is 23.2 Å². The summed E-state index contributed by atoms with van der Waals surface area (Å²) in [5.41, 5.74) is 9.06. The summed E-state index contributed by atoms with van der Waals surface area (Å²) < 4.78 is 26.9. The predicted octanol–water partition coefficient (Wildman–Crippen LogP) is 3.24. The van der Waals surface area contributed by atoms with Gasteiger partial charge < -0.3 is 21.3 Å². The average Bonchev–Trinajstić information content (AvgIpc) is 3.00. The fourth-order valence-corrected chi connectivity index (χ4v) is 5.66. The summed E-state index contributed by atoms with van der Waals surface area (Å²) in [5.74, 6) is -3.50. The van der Waals surface area contributed by atoms with E-state index in [0.29, 0.717) is 25.9 Å². The van der Waals surface area contributed by atoms with Gasteiger partial charge in [-0.3, -0.25) is 19.3 Å². The fourth-order valence-electron chi connectivity index (χ4n) is 5.66. The minimum atomic E-state index is -2.66. The number of amides is 3.